The highest BCUT2D eigenvalue weighted by Crippen LogP contribution is 2.35. The summed E-state index contributed by atoms with van der Waals surface area (Å²) >= 11 is 3.09. The van der Waals surface area contributed by atoms with E-state index in [2.05, 4.69) is 31.2 Å². The highest BCUT2D eigenvalue weighted by atomic mass is 32.2. The molecule has 0 radical (unpaired) electrons. The third-order valence-corrected chi connectivity index (χ3v) is 23.4. The summed E-state index contributed by atoms with van der Waals surface area (Å²) in [6.45, 7) is 14.1. The number of carbonyl (C=O) groups excluding carboxylic acids is 12. The second-order valence-electron chi connectivity index (χ2n) is 29.3. The molecule has 29 heteroatoms. The molecular formula is C80H102N10O17S2. The summed E-state index contributed by atoms with van der Waals surface area (Å²) in [5.74, 6) is -8.45. The van der Waals surface area contributed by atoms with Gasteiger partial charge in [-0.3, -0.25) is 47.9 Å². The first kappa shape index (κ1) is 83.6. The van der Waals surface area contributed by atoms with Crippen molar-refractivity contribution in [2.24, 2.45) is 17.8 Å². The van der Waals surface area contributed by atoms with Crippen LogP contribution in [-0.4, -0.2) is 220 Å². The van der Waals surface area contributed by atoms with Crippen molar-refractivity contribution in [3.63, 3.8) is 0 Å². The minimum absolute atomic E-state index is 0.0127. The molecule has 2 bridgehead atoms. The van der Waals surface area contributed by atoms with Crippen molar-refractivity contribution in [1.29, 1.82) is 0 Å². The molecule has 27 nitrogen and oxygen atoms in total. The molecule has 4 saturated heterocycles. The number of unbranched alkanes of at least 4 members (excludes halogenated alkanes) is 3. The molecule has 0 spiro atoms. The van der Waals surface area contributed by atoms with Crippen molar-refractivity contribution in [2.75, 3.05) is 50.5 Å². The second kappa shape index (κ2) is 38.7. The predicted octanol–water partition coefficient (Wildman–Crippen LogP) is 6.68. The molecule has 13 atom stereocenters. The normalized spacial score (nSPS) is 28.2. The van der Waals surface area contributed by atoms with Crippen molar-refractivity contribution in [3.8, 4) is 5.75 Å². The number of Topliss-reactive ketones (excluding diaryl/α,β-unsaturated/α-hetero) is 2. The summed E-state index contributed by atoms with van der Waals surface area (Å²) in [4.78, 5) is 188. The molecule has 3 unspecified atom stereocenters. The van der Waals surface area contributed by atoms with Crippen molar-refractivity contribution in [1.82, 2.24) is 50.8 Å². The zero-order valence-electron chi connectivity index (χ0n) is 63.4. The Morgan fingerprint density at radius 1 is 0.817 bits per heavy atom. The van der Waals surface area contributed by atoms with Gasteiger partial charge in [-0.05, 0) is 113 Å². The molecule has 9 rings (SSSR count). The van der Waals surface area contributed by atoms with E-state index in [1.165, 1.54) is 89.0 Å². The molecule has 4 aromatic rings. The van der Waals surface area contributed by atoms with Crippen LogP contribution in [0.1, 0.15) is 162 Å². The first-order valence-electron chi connectivity index (χ1n) is 37.5. The number of ketones is 2. The van der Waals surface area contributed by atoms with E-state index in [0.717, 1.165) is 31.2 Å². The molecule has 6 N–H and O–H groups in total. The average molecular weight is 1540 g/mol. The van der Waals surface area contributed by atoms with Crippen molar-refractivity contribution < 1.29 is 81.6 Å². The number of amides is 8. The quantitative estimate of drug-likeness (QED) is 0.0474. The number of esters is 2. The molecule has 7 heterocycles. The minimum atomic E-state index is -1.77. The smallest absolute Gasteiger partial charge is 0.333 e. The Labute approximate surface area is 644 Å². The molecule has 5 aliphatic rings. The topological polar surface area (TPSA) is 364 Å². The summed E-state index contributed by atoms with van der Waals surface area (Å²) in [6.07, 6.45) is 10.3. The Morgan fingerprint density at radius 3 is 2.27 bits per heavy atom. The number of rotatable bonds is 17. The molecule has 4 fully saturated rings. The fourth-order valence-electron chi connectivity index (χ4n) is 14.3. The molecule has 2 aromatic carbocycles. The lowest BCUT2D eigenvalue weighted by molar-refractivity contribution is -0.158. The Hall–Kier alpha value is -9.48. The van der Waals surface area contributed by atoms with Gasteiger partial charge in [0, 0.05) is 81.5 Å². The van der Waals surface area contributed by atoms with E-state index in [9.17, 15) is 48.6 Å². The lowest BCUT2D eigenvalue weighted by Crippen LogP contribution is -2.65. The average Bonchev–Trinajstić information content (AvgIpc) is 1.62. The summed E-state index contributed by atoms with van der Waals surface area (Å²) < 4.78 is 17.9. The van der Waals surface area contributed by atoms with E-state index in [1.54, 1.807) is 74.2 Å². The van der Waals surface area contributed by atoms with Gasteiger partial charge in [0.1, 0.15) is 71.5 Å². The van der Waals surface area contributed by atoms with Gasteiger partial charge < -0.3 is 65.0 Å². The summed E-state index contributed by atoms with van der Waals surface area (Å²) in [6, 6.07) is 9.69. The van der Waals surface area contributed by atoms with Crippen LogP contribution in [0, 0.1) is 24.7 Å². The SMILES string of the molecule is CC[C@]1(C)NC(=O)[C@@H](NC(=O)c2ncccc2O)[C@@H](C)OC(=O)[C@H](c2ccccc2)NC(=O)[C@@H]2CC(=O)C(CSCCCCCCSC3CCN4C(=O)c5coc(n5)CC(=O)C[C@H](O)/C=C(C)/C=C/CNC(=O)/C=C/[C@@H](C)[C@@H](C(C)C)OC(=O)C34)CN2C(=O)[C@H](Cc2ccc(C)cc2)N(C)C(=O)[C@@H]2CCCN2C1=O. The molecule has 109 heavy (non-hydrogen) atoms. The first-order valence-corrected chi connectivity index (χ1v) is 39.7. The van der Waals surface area contributed by atoms with E-state index >= 15 is 19.2 Å². The monoisotopic (exact) mass is 1540 g/mol. The van der Waals surface area contributed by atoms with E-state index in [0.29, 0.717) is 35.5 Å². The van der Waals surface area contributed by atoms with Crippen LogP contribution in [0.15, 0.2) is 120 Å². The lowest BCUT2D eigenvalue weighted by atomic mass is 9.90. The first-order chi connectivity index (χ1) is 52.0. The maximum atomic E-state index is 15.9. The number of allylic oxidation sites excluding steroid dienone is 2. The van der Waals surface area contributed by atoms with Crippen LogP contribution in [0.5, 0.6) is 5.75 Å². The Balaban J connectivity index is 0.908. The van der Waals surface area contributed by atoms with Crippen LogP contribution in [0.4, 0.5) is 0 Å². The van der Waals surface area contributed by atoms with Gasteiger partial charge in [0.05, 0.1) is 12.5 Å². The minimum Gasteiger partial charge on any atom is -0.505 e. The number of hydrogen-bond acceptors (Lipinski definition) is 21. The highest BCUT2D eigenvalue weighted by molar-refractivity contribution is 8.00. The molecule has 586 valence electrons. The summed E-state index contributed by atoms with van der Waals surface area (Å²) in [5, 5.41) is 31.8. The standard InChI is InChI=1S/C80H102N10O17S2/c1-10-80(8)79(104)88-35-20-24-58(88)75(100)87(9)60(40-52-29-26-48(4)27-30-52)76(101)90-44-54(62(94)43-59(90)71(96)85-67(53-22-14-13-15-23-53)77(102)106-51(7)66(73(98)86-80)84-72(97)68-61(93)25-19-34-82-68)46-108-37-16-11-12-17-38-109-63-32-36-89-69(63)78(103)107-70(47(2)3)50(6)28-31-64(95)81-33-18-21-49(5)39-55(91)41-56(92)42-65-83-57(45-105-65)74(89)99/h13-15,18-19,21-23,25-31,34,39,45,47,50-51,54-55,58-60,63,66-67,69-70,91,93H,10-12,16-17,20,24,32-33,35-38,40-44,46H2,1-9H3,(H,81,95)(H,84,97)(H,85,96)(H,86,98)/b21-18+,31-28+,49-39+/t50-,51-,54?,55-,58+,59+,60+,63?,66+,67+,69?,70-,80+/m1/s1. The van der Waals surface area contributed by atoms with E-state index in [-0.39, 0.29) is 110 Å². The van der Waals surface area contributed by atoms with Crippen LogP contribution in [0.2, 0.25) is 0 Å². The number of nitrogens with zero attached hydrogens (tertiary/aromatic N) is 6. The maximum Gasteiger partial charge on any atom is 0.333 e. The summed E-state index contributed by atoms with van der Waals surface area (Å²) in [7, 11) is 1.48. The Morgan fingerprint density at radius 2 is 1.55 bits per heavy atom. The number of ether oxygens (including phenoxy) is 2. The number of fused-ring (bicyclic) bond motifs is 5. The van der Waals surface area contributed by atoms with E-state index < -0.39 is 143 Å². The van der Waals surface area contributed by atoms with Gasteiger partial charge in [-0.25, -0.2) is 19.6 Å². The Kier molecular flexibility index (Phi) is 29.7. The molecule has 0 aliphatic carbocycles. The fraction of sp³-hybridized carbons (Fsp3) is 0.525. The molecule has 0 saturated carbocycles. The number of benzene rings is 2. The third kappa shape index (κ3) is 21.7. The number of carbonyl (C=O) groups is 12. The largest absolute Gasteiger partial charge is 0.505 e. The van der Waals surface area contributed by atoms with Gasteiger partial charge >= 0.3 is 11.9 Å². The molecule has 8 amide bonds. The number of aliphatic hydroxyl groups is 1. The molecule has 5 aliphatic heterocycles. The zero-order chi connectivity index (χ0) is 78.8. The molecule has 2 aromatic heterocycles. The number of nitrogens with one attached hydrogen (secondary N) is 4. The number of thioether (sulfide) groups is 2. The van der Waals surface area contributed by atoms with Gasteiger partial charge in [0.25, 0.3) is 11.8 Å². The molecular weight excluding hydrogens is 1440 g/mol. The number of piperidine rings is 1. The third-order valence-electron chi connectivity index (χ3n) is 20.7. The highest BCUT2D eigenvalue weighted by Gasteiger charge is 2.50. The van der Waals surface area contributed by atoms with Crippen LogP contribution in [0.25, 0.3) is 0 Å². The number of oxazole rings is 1. The van der Waals surface area contributed by atoms with Crippen molar-refractivity contribution >= 4 is 94.3 Å². The Bertz CT molecular complexity index is 4060. The predicted molar refractivity (Wildman–Crippen MR) is 408 cm³/mol. The second-order valence-corrected chi connectivity index (χ2v) is 31.8. The number of aromatic hydroxyl groups is 1. The van der Waals surface area contributed by atoms with Crippen LogP contribution in [0.3, 0.4) is 0 Å². The number of pyridine rings is 1. The van der Waals surface area contributed by atoms with Gasteiger partial charge in [0.15, 0.2) is 17.4 Å². The van der Waals surface area contributed by atoms with Gasteiger partial charge in [0.2, 0.25) is 41.3 Å². The number of aryl methyl sites for hydroxylation is 1. The van der Waals surface area contributed by atoms with Crippen molar-refractivity contribution in [2.45, 2.75) is 198 Å². The number of aromatic nitrogens is 2. The van der Waals surface area contributed by atoms with Gasteiger partial charge in [-0.2, -0.15) is 23.5 Å². The van der Waals surface area contributed by atoms with Gasteiger partial charge in [-0.15, -0.1) is 0 Å². The van der Waals surface area contributed by atoms with Gasteiger partial charge in [-0.1, -0.05) is 131 Å². The number of hydrogen-bond donors (Lipinski definition) is 6. The zero-order valence-corrected chi connectivity index (χ0v) is 65.0. The number of likely N-dealkylation sites (N-methyl/N-ethyl adjacent to an activating group) is 1. The van der Waals surface area contributed by atoms with Crippen LogP contribution >= 0.6 is 23.5 Å². The van der Waals surface area contributed by atoms with E-state index in [4.69, 9.17) is 13.9 Å². The van der Waals surface area contributed by atoms with Crippen LogP contribution in [-0.2, 0) is 70.3 Å². The lowest BCUT2D eigenvalue weighted by Gasteiger charge is -2.42. The maximum absolute atomic E-state index is 15.9. The van der Waals surface area contributed by atoms with Crippen molar-refractivity contribution in [3.05, 3.63) is 149 Å². The number of aliphatic hydroxyl groups excluding tert-OH is 1. The van der Waals surface area contributed by atoms with E-state index in [1.807, 2.05) is 52.0 Å². The number of cyclic esters (lactones) is 2. The van der Waals surface area contributed by atoms with Crippen LogP contribution < -0.4 is 21.3 Å². The fourth-order valence-corrected chi connectivity index (χ4v) is 16.9. The summed E-state index contributed by atoms with van der Waals surface area (Å²) in [5.41, 5.74) is 0.226.